The summed E-state index contributed by atoms with van der Waals surface area (Å²) >= 11 is 0. The number of hydrogen-bond acceptors (Lipinski definition) is 5. The summed E-state index contributed by atoms with van der Waals surface area (Å²) in [4.78, 5) is 16.0. The molecule has 3 rings (SSSR count). The van der Waals surface area contributed by atoms with Crippen LogP contribution in [0, 0.1) is 0 Å². The Morgan fingerprint density at radius 3 is 2.73 bits per heavy atom. The molecular formula is C19H24FN3O3. The Hall–Kier alpha value is -2.41. The maximum atomic E-state index is 14.8. The summed E-state index contributed by atoms with van der Waals surface area (Å²) in [7, 11) is 0. The number of ether oxygens (including phenoxy) is 2. The zero-order chi connectivity index (χ0) is 18.7. The van der Waals surface area contributed by atoms with E-state index >= 15 is 0 Å². The molecule has 0 atom stereocenters. The number of rotatable bonds is 6. The number of aromatic nitrogens is 1. The largest absolute Gasteiger partial charge is 0.490 e. The average Bonchev–Trinajstić information content (AvgIpc) is 2.59. The molecule has 1 fully saturated rings. The van der Waals surface area contributed by atoms with E-state index in [4.69, 9.17) is 15.2 Å². The van der Waals surface area contributed by atoms with Crippen LogP contribution in [0.5, 0.6) is 11.5 Å². The molecule has 140 valence electrons. The number of carbonyl (C=O) groups excluding carboxylic acids is 1. The number of piperidine rings is 1. The summed E-state index contributed by atoms with van der Waals surface area (Å²) in [6, 6.07) is 4.96. The Morgan fingerprint density at radius 1 is 1.35 bits per heavy atom. The van der Waals surface area contributed by atoms with Crippen LogP contribution in [0.2, 0.25) is 0 Å². The zero-order valence-electron chi connectivity index (χ0n) is 15.0. The molecule has 0 radical (unpaired) electrons. The van der Waals surface area contributed by atoms with Gasteiger partial charge in [-0.1, -0.05) is 0 Å². The monoisotopic (exact) mass is 361 g/mol. The second kappa shape index (κ2) is 7.45. The van der Waals surface area contributed by atoms with Crippen LogP contribution in [0.15, 0.2) is 24.4 Å². The summed E-state index contributed by atoms with van der Waals surface area (Å²) in [5.41, 5.74) is 4.92. The SMILES string of the molecule is CC(C)Oc1cc2c(OCC3(F)CCNCC3)ccnc2cc1C(N)=O. The van der Waals surface area contributed by atoms with Crippen molar-refractivity contribution >= 4 is 16.8 Å². The van der Waals surface area contributed by atoms with E-state index in [-0.39, 0.29) is 18.3 Å². The van der Waals surface area contributed by atoms with Gasteiger partial charge < -0.3 is 20.5 Å². The summed E-state index contributed by atoms with van der Waals surface area (Å²) in [6.45, 7) is 4.99. The third-order valence-electron chi connectivity index (χ3n) is 4.42. The van der Waals surface area contributed by atoms with E-state index in [2.05, 4.69) is 10.3 Å². The zero-order valence-corrected chi connectivity index (χ0v) is 15.0. The number of carbonyl (C=O) groups is 1. The minimum Gasteiger partial charge on any atom is -0.490 e. The standard InChI is InChI=1S/C19H24FN3O3/c1-12(2)26-17-10-13-15(9-14(17)18(21)24)23-6-3-16(13)25-11-19(20)4-7-22-8-5-19/h3,6,9-10,12,22H,4-5,7-8,11H2,1-2H3,(H2,21,24). The molecule has 0 aliphatic carbocycles. The Kier molecular flexibility index (Phi) is 5.27. The van der Waals surface area contributed by atoms with Gasteiger partial charge in [-0.2, -0.15) is 0 Å². The molecule has 26 heavy (non-hydrogen) atoms. The fourth-order valence-corrected chi connectivity index (χ4v) is 3.04. The average molecular weight is 361 g/mol. The van der Waals surface area contributed by atoms with Gasteiger partial charge in [0.05, 0.1) is 17.2 Å². The van der Waals surface area contributed by atoms with Crippen LogP contribution in [-0.2, 0) is 0 Å². The maximum absolute atomic E-state index is 14.8. The quantitative estimate of drug-likeness (QED) is 0.826. The van der Waals surface area contributed by atoms with Gasteiger partial charge in [-0.05, 0) is 58.0 Å². The first-order chi connectivity index (χ1) is 12.4. The minimum atomic E-state index is -1.34. The van der Waals surface area contributed by atoms with E-state index in [1.165, 1.54) is 0 Å². The number of hydrogen-bond donors (Lipinski definition) is 2. The molecule has 1 aliphatic rings. The van der Waals surface area contributed by atoms with Crippen LogP contribution < -0.4 is 20.5 Å². The van der Waals surface area contributed by atoms with Gasteiger partial charge in [-0.3, -0.25) is 9.78 Å². The third-order valence-corrected chi connectivity index (χ3v) is 4.42. The van der Waals surface area contributed by atoms with Crippen molar-refractivity contribution < 1.29 is 18.7 Å². The van der Waals surface area contributed by atoms with Gasteiger partial charge in [-0.15, -0.1) is 0 Å². The predicted molar refractivity (Wildman–Crippen MR) is 97.5 cm³/mol. The van der Waals surface area contributed by atoms with Crippen LogP contribution in [0.25, 0.3) is 10.9 Å². The normalized spacial score (nSPS) is 16.6. The number of halogens is 1. The number of nitrogens with two attached hydrogens (primary N) is 1. The van der Waals surface area contributed by atoms with Gasteiger partial charge in [0.2, 0.25) is 0 Å². The number of alkyl halides is 1. The van der Waals surface area contributed by atoms with Crippen molar-refractivity contribution in [3.8, 4) is 11.5 Å². The lowest BCUT2D eigenvalue weighted by Gasteiger charge is -2.29. The van der Waals surface area contributed by atoms with Crippen molar-refractivity contribution in [1.82, 2.24) is 10.3 Å². The van der Waals surface area contributed by atoms with E-state index in [0.29, 0.717) is 48.3 Å². The van der Waals surface area contributed by atoms with Crippen LogP contribution in [0.1, 0.15) is 37.0 Å². The molecular weight excluding hydrogens is 337 g/mol. The Balaban J connectivity index is 1.94. The molecule has 3 N–H and O–H groups in total. The molecule has 0 unspecified atom stereocenters. The van der Waals surface area contributed by atoms with Crippen LogP contribution in [-0.4, -0.2) is 42.4 Å². The second-order valence-electron chi connectivity index (χ2n) is 6.90. The number of primary amides is 1. The van der Waals surface area contributed by atoms with Gasteiger partial charge >= 0.3 is 0 Å². The van der Waals surface area contributed by atoms with Crippen molar-refractivity contribution in [2.75, 3.05) is 19.7 Å². The molecule has 7 heteroatoms. The predicted octanol–water partition coefficient (Wildman–Crippen LogP) is 2.59. The van der Waals surface area contributed by atoms with Crippen molar-refractivity contribution in [3.05, 3.63) is 30.0 Å². The van der Waals surface area contributed by atoms with Crippen molar-refractivity contribution in [2.24, 2.45) is 5.73 Å². The van der Waals surface area contributed by atoms with Gasteiger partial charge in [0.25, 0.3) is 5.91 Å². The highest BCUT2D eigenvalue weighted by Crippen LogP contribution is 2.33. The minimum absolute atomic E-state index is 0.0221. The summed E-state index contributed by atoms with van der Waals surface area (Å²) in [6.07, 6.45) is 2.28. The van der Waals surface area contributed by atoms with Gasteiger partial charge in [0.15, 0.2) is 0 Å². The summed E-state index contributed by atoms with van der Waals surface area (Å²) < 4.78 is 26.3. The molecule has 0 spiro atoms. The number of fused-ring (bicyclic) bond motifs is 1. The highest BCUT2D eigenvalue weighted by atomic mass is 19.1. The van der Waals surface area contributed by atoms with E-state index in [1.807, 2.05) is 13.8 Å². The van der Waals surface area contributed by atoms with Gasteiger partial charge in [-0.25, -0.2) is 4.39 Å². The fourth-order valence-electron chi connectivity index (χ4n) is 3.04. The number of nitrogens with one attached hydrogen (secondary N) is 1. The molecule has 1 aromatic heterocycles. The second-order valence-corrected chi connectivity index (χ2v) is 6.90. The Bertz CT molecular complexity index is 804. The topological polar surface area (TPSA) is 86.5 Å². The van der Waals surface area contributed by atoms with Gasteiger partial charge in [0, 0.05) is 11.6 Å². The van der Waals surface area contributed by atoms with E-state index in [9.17, 15) is 9.18 Å². The number of amides is 1. The number of benzene rings is 1. The Morgan fingerprint density at radius 2 is 2.08 bits per heavy atom. The first-order valence-electron chi connectivity index (χ1n) is 8.80. The third kappa shape index (κ3) is 4.04. The molecule has 1 aliphatic heterocycles. The molecule has 2 aromatic rings. The van der Waals surface area contributed by atoms with Crippen molar-refractivity contribution in [1.29, 1.82) is 0 Å². The number of nitrogens with zero attached hydrogens (tertiary/aromatic N) is 1. The molecule has 1 aromatic carbocycles. The lowest BCUT2D eigenvalue weighted by atomic mass is 9.95. The Labute approximate surface area is 151 Å². The number of pyridine rings is 1. The highest BCUT2D eigenvalue weighted by Gasteiger charge is 2.32. The van der Waals surface area contributed by atoms with Crippen LogP contribution in [0.4, 0.5) is 4.39 Å². The molecule has 6 nitrogen and oxygen atoms in total. The van der Waals surface area contributed by atoms with Crippen LogP contribution >= 0.6 is 0 Å². The summed E-state index contributed by atoms with van der Waals surface area (Å²) in [5, 5.41) is 3.80. The molecule has 1 saturated heterocycles. The summed E-state index contributed by atoms with van der Waals surface area (Å²) in [5.74, 6) is 0.290. The van der Waals surface area contributed by atoms with Crippen LogP contribution in [0.3, 0.4) is 0 Å². The fraction of sp³-hybridized carbons (Fsp3) is 0.474. The van der Waals surface area contributed by atoms with Crippen molar-refractivity contribution in [3.63, 3.8) is 0 Å². The first-order valence-corrected chi connectivity index (χ1v) is 8.80. The molecule has 2 heterocycles. The van der Waals surface area contributed by atoms with E-state index in [1.54, 1.807) is 24.4 Å². The van der Waals surface area contributed by atoms with Gasteiger partial charge in [0.1, 0.15) is 23.8 Å². The van der Waals surface area contributed by atoms with E-state index in [0.717, 1.165) is 0 Å². The molecule has 0 bridgehead atoms. The lowest BCUT2D eigenvalue weighted by Crippen LogP contribution is -2.42. The van der Waals surface area contributed by atoms with Crippen molar-refractivity contribution in [2.45, 2.75) is 38.5 Å². The lowest BCUT2D eigenvalue weighted by molar-refractivity contribution is 0.0546. The highest BCUT2D eigenvalue weighted by molar-refractivity contribution is 6.01. The molecule has 0 saturated carbocycles. The molecule has 1 amide bonds. The first kappa shape index (κ1) is 18.4. The maximum Gasteiger partial charge on any atom is 0.252 e. The van der Waals surface area contributed by atoms with E-state index < -0.39 is 11.6 Å². The smallest absolute Gasteiger partial charge is 0.252 e.